The van der Waals surface area contributed by atoms with Gasteiger partial charge in [-0.2, -0.15) is 10.1 Å². The lowest BCUT2D eigenvalue weighted by Crippen LogP contribution is -2.29. The largest absolute Gasteiger partial charge is 0.329 e. The van der Waals surface area contributed by atoms with Gasteiger partial charge in [0.15, 0.2) is 11.2 Å². The number of hydrazone groups is 1. The second-order valence-corrected chi connectivity index (χ2v) is 6.80. The number of hydrogen-bond acceptors (Lipinski definition) is 5. The topological polar surface area (TPSA) is 97.1 Å². The monoisotopic (exact) mass is 408 g/mol. The summed E-state index contributed by atoms with van der Waals surface area (Å²) >= 11 is 6.14. The van der Waals surface area contributed by atoms with Gasteiger partial charge in [0, 0.05) is 17.6 Å². The smallest absolute Gasteiger partial charge is 0.298 e. The number of aromatic nitrogens is 4. The molecular weight excluding hydrogens is 392 g/mol. The average Bonchev–Trinajstić information content (AvgIpc) is 3.07. The third-order valence-electron chi connectivity index (χ3n) is 4.46. The molecular formula is C20H17ClN6O2. The fourth-order valence-corrected chi connectivity index (χ4v) is 3.16. The van der Waals surface area contributed by atoms with Crippen LogP contribution in [0.4, 0.5) is 5.95 Å². The first-order valence-electron chi connectivity index (χ1n) is 8.81. The maximum Gasteiger partial charge on any atom is 0.329 e. The third kappa shape index (κ3) is 3.70. The van der Waals surface area contributed by atoms with Crippen LogP contribution in [0.1, 0.15) is 11.1 Å². The SMILES string of the molecule is Cn1c(=O)[nH]c(=O)c2c1nc(N/N=C/c1ccccc1Cl)n2Cc1ccccc1. The van der Waals surface area contributed by atoms with Gasteiger partial charge >= 0.3 is 5.69 Å². The van der Waals surface area contributed by atoms with E-state index in [2.05, 4.69) is 20.5 Å². The molecule has 0 aliphatic carbocycles. The number of nitrogens with one attached hydrogen (secondary N) is 2. The summed E-state index contributed by atoms with van der Waals surface area (Å²) in [5.41, 5.74) is 4.09. The lowest BCUT2D eigenvalue weighted by atomic mass is 10.2. The lowest BCUT2D eigenvalue weighted by molar-refractivity contribution is 0.808. The lowest BCUT2D eigenvalue weighted by Gasteiger charge is -2.08. The number of nitrogens with zero attached hydrogens (tertiary/aromatic N) is 4. The van der Waals surface area contributed by atoms with E-state index in [4.69, 9.17) is 11.6 Å². The van der Waals surface area contributed by atoms with E-state index >= 15 is 0 Å². The van der Waals surface area contributed by atoms with Gasteiger partial charge in [-0.25, -0.2) is 10.2 Å². The second kappa shape index (κ2) is 7.76. The Bertz CT molecular complexity index is 1320. The Balaban J connectivity index is 1.80. The number of halogens is 1. The summed E-state index contributed by atoms with van der Waals surface area (Å²) in [5, 5.41) is 4.77. The van der Waals surface area contributed by atoms with E-state index < -0.39 is 11.2 Å². The fourth-order valence-electron chi connectivity index (χ4n) is 2.98. The molecule has 0 amide bonds. The Kier molecular flexibility index (Phi) is 5.01. The van der Waals surface area contributed by atoms with Crippen LogP contribution >= 0.6 is 11.6 Å². The van der Waals surface area contributed by atoms with E-state index in [1.165, 1.54) is 4.57 Å². The van der Waals surface area contributed by atoms with Gasteiger partial charge in [0.25, 0.3) is 5.56 Å². The van der Waals surface area contributed by atoms with Crippen molar-refractivity contribution >= 4 is 34.9 Å². The minimum absolute atomic E-state index is 0.269. The van der Waals surface area contributed by atoms with Crippen molar-refractivity contribution in [3.63, 3.8) is 0 Å². The molecule has 0 bridgehead atoms. The molecule has 0 atom stereocenters. The number of rotatable bonds is 5. The van der Waals surface area contributed by atoms with Crippen LogP contribution in [0.3, 0.4) is 0 Å². The summed E-state index contributed by atoms with van der Waals surface area (Å²) in [5.74, 6) is 0.332. The van der Waals surface area contributed by atoms with Crippen LogP contribution in [0.2, 0.25) is 5.02 Å². The van der Waals surface area contributed by atoms with Gasteiger partial charge in [-0.1, -0.05) is 60.1 Å². The number of aryl methyl sites for hydroxylation is 1. The molecule has 9 heteroatoms. The van der Waals surface area contributed by atoms with Crippen molar-refractivity contribution in [3.05, 3.63) is 91.6 Å². The van der Waals surface area contributed by atoms with Crippen LogP contribution in [0, 0.1) is 0 Å². The maximum absolute atomic E-state index is 12.5. The molecule has 0 unspecified atom stereocenters. The number of fused-ring (bicyclic) bond motifs is 1. The first-order valence-corrected chi connectivity index (χ1v) is 9.19. The summed E-state index contributed by atoms with van der Waals surface area (Å²) in [6.07, 6.45) is 1.57. The van der Waals surface area contributed by atoms with Crippen LogP contribution in [0.25, 0.3) is 11.2 Å². The highest BCUT2D eigenvalue weighted by Gasteiger charge is 2.17. The van der Waals surface area contributed by atoms with Gasteiger partial charge in [-0.3, -0.25) is 18.9 Å². The molecule has 4 aromatic rings. The number of benzene rings is 2. The zero-order chi connectivity index (χ0) is 20.4. The molecule has 8 nitrogen and oxygen atoms in total. The van der Waals surface area contributed by atoms with Crippen molar-refractivity contribution in [1.29, 1.82) is 0 Å². The molecule has 0 radical (unpaired) electrons. The molecule has 2 N–H and O–H groups in total. The van der Waals surface area contributed by atoms with Crippen molar-refractivity contribution < 1.29 is 0 Å². The van der Waals surface area contributed by atoms with Crippen molar-refractivity contribution in [1.82, 2.24) is 19.1 Å². The van der Waals surface area contributed by atoms with Gasteiger partial charge < -0.3 is 0 Å². The Labute approximate surface area is 170 Å². The number of H-pyrrole nitrogens is 1. The summed E-state index contributed by atoms with van der Waals surface area (Å²) in [6.45, 7) is 0.378. The molecule has 2 heterocycles. The Morgan fingerprint density at radius 3 is 2.62 bits per heavy atom. The highest BCUT2D eigenvalue weighted by atomic mass is 35.5. The minimum atomic E-state index is -0.530. The zero-order valence-electron chi connectivity index (χ0n) is 15.5. The summed E-state index contributed by atoms with van der Waals surface area (Å²) in [4.78, 5) is 31.2. The van der Waals surface area contributed by atoms with Crippen molar-refractivity contribution in [2.45, 2.75) is 6.54 Å². The predicted octanol–water partition coefficient (Wildman–Crippen LogP) is 2.57. The van der Waals surface area contributed by atoms with Crippen LogP contribution < -0.4 is 16.7 Å². The Hall–Kier alpha value is -3.65. The molecule has 2 aromatic heterocycles. The molecule has 0 aliphatic heterocycles. The highest BCUT2D eigenvalue weighted by molar-refractivity contribution is 6.33. The summed E-state index contributed by atoms with van der Waals surface area (Å²) in [7, 11) is 1.55. The van der Waals surface area contributed by atoms with Gasteiger partial charge in [-0.15, -0.1) is 0 Å². The van der Waals surface area contributed by atoms with Crippen LogP contribution in [-0.4, -0.2) is 25.3 Å². The summed E-state index contributed by atoms with van der Waals surface area (Å²) < 4.78 is 2.98. The molecule has 0 aliphatic rings. The molecule has 2 aromatic carbocycles. The first kappa shape index (κ1) is 18.7. The minimum Gasteiger partial charge on any atom is -0.298 e. The number of imidazole rings is 1. The molecule has 0 saturated heterocycles. The number of aromatic amines is 1. The van der Waals surface area contributed by atoms with Gasteiger partial charge in [0.05, 0.1) is 12.8 Å². The average molecular weight is 409 g/mol. The van der Waals surface area contributed by atoms with E-state index in [0.717, 1.165) is 11.1 Å². The molecule has 0 fully saturated rings. The first-order chi connectivity index (χ1) is 14.0. The number of anilines is 1. The van der Waals surface area contributed by atoms with Crippen LogP contribution in [0.15, 0.2) is 69.3 Å². The van der Waals surface area contributed by atoms with Crippen molar-refractivity contribution in [2.75, 3.05) is 5.43 Å². The van der Waals surface area contributed by atoms with E-state index in [9.17, 15) is 9.59 Å². The maximum atomic E-state index is 12.5. The zero-order valence-corrected chi connectivity index (χ0v) is 16.2. The number of hydrogen-bond donors (Lipinski definition) is 2. The van der Waals surface area contributed by atoms with E-state index in [0.29, 0.717) is 17.5 Å². The summed E-state index contributed by atoms with van der Waals surface area (Å²) in [6, 6.07) is 16.9. The van der Waals surface area contributed by atoms with Gasteiger partial charge in [0.1, 0.15) is 0 Å². The molecule has 29 heavy (non-hydrogen) atoms. The van der Waals surface area contributed by atoms with Crippen molar-refractivity contribution in [3.8, 4) is 0 Å². The van der Waals surface area contributed by atoms with E-state index in [1.807, 2.05) is 48.5 Å². The molecule has 146 valence electrons. The standard InChI is InChI=1S/C20H17ClN6O2/c1-26-17-16(18(28)24-20(26)29)27(12-13-7-3-2-4-8-13)19(23-17)25-22-11-14-9-5-6-10-15(14)21/h2-11H,12H2,1H3,(H,23,25)(H,24,28,29)/b22-11+. The highest BCUT2D eigenvalue weighted by Crippen LogP contribution is 2.18. The third-order valence-corrected chi connectivity index (χ3v) is 4.81. The molecule has 4 rings (SSSR count). The Morgan fingerprint density at radius 2 is 1.86 bits per heavy atom. The predicted molar refractivity (Wildman–Crippen MR) is 114 cm³/mol. The quantitative estimate of drug-likeness (QED) is 0.392. The fraction of sp³-hybridized carbons (Fsp3) is 0.100. The normalized spacial score (nSPS) is 11.4. The molecule has 0 spiro atoms. The van der Waals surface area contributed by atoms with Crippen LogP contribution in [-0.2, 0) is 13.6 Å². The van der Waals surface area contributed by atoms with Crippen LogP contribution in [0.5, 0.6) is 0 Å². The molecule has 0 saturated carbocycles. The second-order valence-electron chi connectivity index (χ2n) is 6.39. The van der Waals surface area contributed by atoms with Crippen molar-refractivity contribution in [2.24, 2.45) is 12.1 Å². The van der Waals surface area contributed by atoms with Gasteiger partial charge in [-0.05, 0) is 11.6 Å². The van der Waals surface area contributed by atoms with Gasteiger partial charge in [0.2, 0.25) is 5.95 Å². The van der Waals surface area contributed by atoms with E-state index in [1.54, 1.807) is 23.9 Å². The van der Waals surface area contributed by atoms with E-state index in [-0.39, 0.29) is 11.2 Å². The Morgan fingerprint density at radius 1 is 1.14 bits per heavy atom.